The molecule has 0 aliphatic heterocycles. The van der Waals surface area contributed by atoms with E-state index < -0.39 is 5.97 Å². The third-order valence-electron chi connectivity index (χ3n) is 4.33. The van der Waals surface area contributed by atoms with Crippen LogP contribution in [0.25, 0.3) is 17.2 Å². The highest BCUT2D eigenvalue weighted by Crippen LogP contribution is 2.23. The highest BCUT2D eigenvalue weighted by Gasteiger charge is 2.10. The van der Waals surface area contributed by atoms with Crippen LogP contribution in [0.4, 0.5) is 0 Å². The average molecular weight is 387 g/mol. The van der Waals surface area contributed by atoms with E-state index in [1.165, 1.54) is 13.2 Å². The summed E-state index contributed by atoms with van der Waals surface area (Å²) in [5, 5.41) is 12.2. The number of amides is 1. The highest BCUT2D eigenvalue weighted by atomic mass is 16.5. The standard InChI is InChI=1S/C24H21NO4/c1-29-23(27)12-9-18-13-20(19-5-3-2-4-6-19)15-21(14-18)24(28)25-16-17-7-10-22(26)11-8-17/h2-15,26H,16H2,1H3,(H,25,28)/b12-9+. The van der Waals surface area contributed by atoms with E-state index in [1.807, 2.05) is 42.5 Å². The number of ether oxygens (including phenoxy) is 1. The molecule has 2 N–H and O–H groups in total. The summed E-state index contributed by atoms with van der Waals surface area (Å²) in [5.41, 5.74) is 3.91. The Morgan fingerprint density at radius 1 is 0.966 bits per heavy atom. The van der Waals surface area contributed by atoms with Crippen molar-refractivity contribution in [3.05, 3.63) is 95.6 Å². The van der Waals surface area contributed by atoms with Gasteiger partial charge in [-0.25, -0.2) is 4.79 Å². The van der Waals surface area contributed by atoms with Gasteiger partial charge in [0.15, 0.2) is 0 Å². The smallest absolute Gasteiger partial charge is 0.330 e. The van der Waals surface area contributed by atoms with Crippen molar-refractivity contribution in [1.29, 1.82) is 0 Å². The van der Waals surface area contributed by atoms with E-state index in [0.29, 0.717) is 17.7 Å². The second-order valence-electron chi connectivity index (χ2n) is 6.42. The molecular weight excluding hydrogens is 366 g/mol. The van der Waals surface area contributed by atoms with Gasteiger partial charge in [-0.1, -0.05) is 42.5 Å². The van der Waals surface area contributed by atoms with Crippen LogP contribution in [-0.2, 0) is 16.1 Å². The van der Waals surface area contributed by atoms with Crippen molar-refractivity contribution in [2.24, 2.45) is 0 Å². The van der Waals surface area contributed by atoms with E-state index in [-0.39, 0.29) is 11.7 Å². The number of aromatic hydroxyl groups is 1. The molecule has 5 heteroatoms. The van der Waals surface area contributed by atoms with Crippen LogP contribution in [-0.4, -0.2) is 24.1 Å². The molecule has 0 bridgehead atoms. The summed E-state index contributed by atoms with van der Waals surface area (Å²) < 4.78 is 4.64. The predicted octanol–water partition coefficient (Wildman–Crippen LogP) is 4.18. The number of phenols is 1. The van der Waals surface area contributed by atoms with Gasteiger partial charge in [0.1, 0.15) is 5.75 Å². The molecule has 5 nitrogen and oxygen atoms in total. The third kappa shape index (κ3) is 5.56. The largest absolute Gasteiger partial charge is 0.508 e. The summed E-state index contributed by atoms with van der Waals surface area (Å²) in [5.74, 6) is -0.519. The van der Waals surface area contributed by atoms with Crippen LogP contribution in [0, 0.1) is 0 Å². The second-order valence-corrected chi connectivity index (χ2v) is 6.42. The fourth-order valence-electron chi connectivity index (χ4n) is 2.81. The first kappa shape index (κ1) is 19.9. The zero-order valence-electron chi connectivity index (χ0n) is 16.0. The Labute approximate surface area is 169 Å². The van der Waals surface area contributed by atoms with Gasteiger partial charge in [-0.15, -0.1) is 0 Å². The van der Waals surface area contributed by atoms with E-state index in [2.05, 4.69) is 10.1 Å². The van der Waals surface area contributed by atoms with Crippen molar-refractivity contribution in [2.45, 2.75) is 6.54 Å². The Hall–Kier alpha value is -3.86. The first-order valence-electron chi connectivity index (χ1n) is 9.08. The minimum atomic E-state index is -0.464. The molecule has 1 amide bonds. The number of esters is 1. The lowest BCUT2D eigenvalue weighted by molar-refractivity contribution is -0.134. The number of benzene rings is 3. The summed E-state index contributed by atoms with van der Waals surface area (Å²) in [7, 11) is 1.31. The summed E-state index contributed by atoms with van der Waals surface area (Å²) in [6.07, 6.45) is 2.94. The van der Waals surface area contributed by atoms with Crippen LogP contribution in [0.15, 0.2) is 78.9 Å². The molecule has 29 heavy (non-hydrogen) atoms. The monoisotopic (exact) mass is 387 g/mol. The molecule has 0 saturated heterocycles. The lowest BCUT2D eigenvalue weighted by Gasteiger charge is -2.10. The first-order valence-corrected chi connectivity index (χ1v) is 9.08. The van der Waals surface area contributed by atoms with Crippen LogP contribution in [0.5, 0.6) is 5.75 Å². The molecule has 0 aliphatic rings. The Kier molecular flexibility index (Phi) is 6.43. The normalized spacial score (nSPS) is 10.7. The Bertz CT molecular complexity index is 1020. The molecule has 3 rings (SSSR count). The average Bonchev–Trinajstić information content (AvgIpc) is 2.77. The SMILES string of the molecule is COC(=O)/C=C/c1cc(C(=O)NCc2ccc(O)cc2)cc(-c2ccccc2)c1. The second kappa shape index (κ2) is 9.37. The van der Waals surface area contributed by atoms with Crippen molar-refractivity contribution in [2.75, 3.05) is 7.11 Å². The zero-order chi connectivity index (χ0) is 20.6. The van der Waals surface area contributed by atoms with Gasteiger partial charge in [-0.05, 0) is 58.7 Å². The number of phenolic OH excluding ortho intramolecular Hbond substituents is 1. The topological polar surface area (TPSA) is 75.6 Å². The molecule has 0 saturated carbocycles. The van der Waals surface area contributed by atoms with Gasteiger partial charge in [0.05, 0.1) is 7.11 Å². The van der Waals surface area contributed by atoms with Gasteiger partial charge in [0.2, 0.25) is 0 Å². The number of nitrogens with one attached hydrogen (secondary N) is 1. The minimum Gasteiger partial charge on any atom is -0.508 e. The molecule has 3 aromatic carbocycles. The summed E-state index contributed by atoms with van der Waals surface area (Å²) >= 11 is 0. The first-order chi connectivity index (χ1) is 14.0. The fourth-order valence-corrected chi connectivity index (χ4v) is 2.81. The van der Waals surface area contributed by atoms with Crippen LogP contribution < -0.4 is 5.32 Å². The van der Waals surface area contributed by atoms with E-state index in [9.17, 15) is 14.7 Å². The zero-order valence-corrected chi connectivity index (χ0v) is 16.0. The molecule has 0 unspecified atom stereocenters. The molecule has 0 atom stereocenters. The molecule has 0 aromatic heterocycles. The number of carbonyl (C=O) groups is 2. The molecule has 146 valence electrons. The van der Waals surface area contributed by atoms with E-state index in [0.717, 1.165) is 16.7 Å². The van der Waals surface area contributed by atoms with Crippen LogP contribution in [0.2, 0.25) is 0 Å². The maximum absolute atomic E-state index is 12.7. The predicted molar refractivity (Wildman–Crippen MR) is 112 cm³/mol. The van der Waals surface area contributed by atoms with Gasteiger partial charge in [-0.3, -0.25) is 4.79 Å². The van der Waals surface area contributed by atoms with Crippen LogP contribution in [0.3, 0.4) is 0 Å². The molecule has 3 aromatic rings. The molecule has 0 heterocycles. The highest BCUT2D eigenvalue weighted by molar-refractivity contribution is 5.96. The number of hydrogen-bond acceptors (Lipinski definition) is 4. The quantitative estimate of drug-likeness (QED) is 0.492. The summed E-state index contributed by atoms with van der Waals surface area (Å²) in [4.78, 5) is 24.2. The van der Waals surface area contributed by atoms with E-state index in [4.69, 9.17) is 0 Å². The molecular formula is C24H21NO4. The van der Waals surface area contributed by atoms with Crippen molar-refractivity contribution < 1.29 is 19.4 Å². The van der Waals surface area contributed by atoms with Gasteiger partial charge < -0.3 is 15.2 Å². The Morgan fingerprint density at radius 2 is 1.69 bits per heavy atom. The number of rotatable bonds is 6. The lowest BCUT2D eigenvalue weighted by atomic mass is 9.99. The Morgan fingerprint density at radius 3 is 2.38 bits per heavy atom. The number of hydrogen-bond donors (Lipinski definition) is 2. The van der Waals surface area contributed by atoms with Crippen LogP contribution in [0.1, 0.15) is 21.5 Å². The van der Waals surface area contributed by atoms with Gasteiger partial charge in [-0.2, -0.15) is 0 Å². The Balaban J connectivity index is 1.87. The van der Waals surface area contributed by atoms with Gasteiger partial charge >= 0.3 is 5.97 Å². The third-order valence-corrected chi connectivity index (χ3v) is 4.33. The summed E-state index contributed by atoms with van der Waals surface area (Å²) in [6, 6.07) is 21.8. The maximum Gasteiger partial charge on any atom is 0.330 e. The fraction of sp³-hybridized carbons (Fsp3) is 0.0833. The van der Waals surface area contributed by atoms with Gasteiger partial charge in [0.25, 0.3) is 5.91 Å². The number of methoxy groups -OCH3 is 1. The van der Waals surface area contributed by atoms with Crippen molar-refractivity contribution in [3.8, 4) is 16.9 Å². The van der Waals surface area contributed by atoms with Crippen molar-refractivity contribution >= 4 is 18.0 Å². The van der Waals surface area contributed by atoms with Crippen LogP contribution >= 0.6 is 0 Å². The lowest BCUT2D eigenvalue weighted by Crippen LogP contribution is -2.22. The van der Waals surface area contributed by atoms with E-state index >= 15 is 0 Å². The maximum atomic E-state index is 12.7. The number of carbonyl (C=O) groups excluding carboxylic acids is 2. The molecule has 0 spiro atoms. The molecule has 0 aliphatic carbocycles. The molecule has 0 radical (unpaired) electrons. The summed E-state index contributed by atoms with van der Waals surface area (Å²) in [6.45, 7) is 0.335. The van der Waals surface area contributed by atoms with E-state index in [1.54, 1.807) is 36.4 Å². The van der Waals surface area contributed by atoms with Crippen molar-refractivity contribution in [3.63, 3.8) is 0 Å². The van der Waals surface area contributed by atoms with Crippen molar-refractivity contribution in [1.82, 2.24) is 5.32 Å². The minimum absolute atomic E-state index is 0.178. The molecule has 0 fully saturated rings. The van der Waals surface area contributed by atoms with Gasteiger partial charge in [0, 0.05) is 18.2 Å².